The first-order valence-corrected chi connectivity index (χ1v) is 9.31. The molecule has 2 rings (SSSR count). The first kappa shape index (κ1) is 20.0. The van der Waals surface area contributed by atoms with Crippen LogP contribution in [0.25, 0.3) is 0 Å². The van der Waals surface area contributed by atoms with E-state index in [1.807, 2.05) is 19.0 Å². The Morgan fingerprint density at radius 3 is 2.28 bits per heavy atom. The van der Waals surface area contributed by atoms with Gasteiger partial charge in [-0.3, -0.25) is 9.59 Å². The fourth-order valence-corrected chi connectivity index (χ4v) is 3.35. The van der Waals surface area contributed by atoms with Crippen LogP contribution in [0.2, 0.25) is 10.0 Å². The summed E-state index contributed by atoms with van der Waals surface area (Å²) < 4.78 is 0. The van der Waals surface area contributed by atoms with Crippen LogP contribution in [-0.2, 0) is 9.59 Å². The van der Waals surface area contributed by atoms with E-state index < -0.39 is 0 Å². The van der Waals surface area contributed by atoms with Crippen LogP contribution in [0.3, 0.4) is 0 Å². The van der Waals surface area contributed by atoms with E-state index in [1.54, 1.807) is 18.2 Å². The van der Waals surface area contributed by atoms with Crippen molar-refractivity contribution < 1.29 is 9.59 Å². The lowest BCUT2D eigenvalue weighted by Crippen LogP contribution is -2.38. The van der Waals surface area contributed by atoms with Gasteiger partial charge in [0.2, 0.25) is 11.8 Å². The number of nitrogens with one attached hydrogen (secondary N) is 2. The molecule has 138 valence electrons. The predicted molar refractivity (Wildman–Crippen MR) is 102 cm³/mol. The third-order valence-electron chi connectivity index (χ3n) is 4.54. The van der Waals surface area contributed by atoms with Crippen molar-refractivity contribution in [3.05, 3.63) is 28.2 Å². The number of rotatable bonds is 6. The van der Waals surface area contributed by atoms with Crippen molar-refractivity contribution in [1.29, 1.82) is 0 Å². The molecule has 0 unspecified atom stereocenters. The number of carbonyl (C=O) groups excluding carboxylic acids is 2. The topological polar surface area (TPSA) is 61.4 Å². The van der Waals surface area contributed by atoms with Gasteiger partial charge in [-0.25, -0.2) is 0 Å². The molecular weight excluding hydrogens is 361 g/mol. The Hall–Kier alpha value is -1.30. The normalized spacial score (nSPS) is 20.4. The summed E-state index contributed by atoms with van der Waals surface area (Å²) in [5.74, 6) is -0.0592. The van der Waals surface area contributed by atoms with Gasteiger partial charge in [-0.05, 0) is 51.9 Å². The molecule has 0 bridgehead atoms. The number of likely N-dealkylation sites (N-methyl/N-ethyl adjacent to an activating group) is 1. The summed E-state index contributed by atoms with van der Waals surface area (Å²) in [7, 11) is 3.95. The van der Waals surface area contributed by atoms with Crippen LogP contribution in [0.1, 0.15) is 25.7 Å². The molecule has 2 amide bonds. The number of benzene rings is 1. The van der Waals surface area contributed by atoms with Gasteiger partial charge in [-0.2, -0.15) is 0 Å². The summed E-state index contributed by atoms with van der Waals surface area (Å²) >= 11 is 12.1. The maximum atomic E-state index is 12.4. The van der Waals surface area contributed by atoms with E-state index in [0.29, 0.717) is 35.1 Å². The average Bonchev–Trinajstić information content (AvgIpc) is 2.58. The standard InChI is InChI=1S/C18H25Cl2N3O2/c1-23(2)11-10-21-17(24)12-6-8-13(9-7-12)18(25)22-15-5-3-4-14(19)16(15)20/h3-5,12-13H,6-11H2,1-2H3,(H,21,24)(H,22,25). The van der Waals surface area contributed by atoms with Crippen LogP contribution in [0.5, 0.6) is 0 Å². The number of hydrogen-bond acceptors (Lipinski definition) is 3. The zero-order valence-electron chi connectivity index (χ0n) is 14.6. The van der Waals surface area contributed by atoms with E-state index in [0.717, 1.165) is 19.4 Å². The fourth-order valence-electron chi connectivity index (χ4n) is 3.00. The molecule has 0 aliphatic heterocycles. The monoisotopic (exact) mass is 385 g/mol. The Morgan fingerprint density at radius 2 is 1.68 bits per heavy atom. The van der Waals surface area contributed by atoms with Gasteiger partial charge in [0.15, 0.2) is 0 Å². The Balaban J connectivity index is 1.80. The molecular formula is C18H25Cl2N3O2. The smallest absolute Gasteiger partial charge is 0.227 e. The highest BCUT2D eigenvalue weighted by molar-refractivity contribution is 6.44. The molecule has 5 nitrogen and oxygen atoms in total. The van der Waals surface area contributed by atoms with E-state index in [9.17, 15) is 9.59 Å². The second-order valence-corrected chi connectivity index (χ2v) is 7.52. The van der Waals surface area contributed by atoms with Crippen LogP contribution < -0.4 is 10.6 Å². The molecule has 1 saturated carbocycles. The van der Waals surface area contributed by atoms with Gasteiger partial charge in [-0.15, -0.1) is 0 Å². The predicted octanol–water partition coefficient (Wildman–Crippen LogP) is 3.42. The largest absolute Gasteiger partial charge is 0.355 e. The van der Waals surface area contributed by atoms with Crippen LogP contribution in [-0.4, -0.2) is 43.9 Å². The summed E-state index contributed by atoms with van der Waals surface area (Å²) in [6, 6.07) is 5.16. The van der Waals surface area contributed by atoms with E-state index in [4.69, 9.17) is 23.2 Å². The van der Waals surface area contributed by atoms with Crippen LogP contribution in [0.4, 0.5) is 5.69 Å². The van der Waals surface area contributed by atoms with Crippen molar-refractivity contribution in [2.45, 2.75) is 25.7 Å². The van der Waals surface area contributed by atoms with E-state index in [1.165, 1.54) is 0 Å². The molecule has 1 aromatic rings. The van der Waals surface area contributed by atoms with Crippen molar-refractivity contribution in [2.24, 2.45) is 11.8 Å². The second kappa shape index (κ2) is 9.41. The maximum absolute atomic E-state index is 12.4. The Kier molecular flexibility index (Phi) is 7.54. The number of carbonyl (C=O) groups is 2. The third kappa shape index (κ3) is 5.87. The SMILES string of the molecule is CN(C)CCNC(=O)C1CCC(C(=O)Nc2cccc(Cl)c2Cl)CC1. The number of amides is 2. The van der Waals surface area contributed by atoms with Crippen LogP contribution >= 0.6 is 23.2 Å². The Morgan fingerprint density at radius 1 is 1.08 bits per heavy atom. The minimum atomic E-state index is -0.0964. The van der Waals surface area contributed by atoms with Crippen molar-refractivity contribution in [1.82, 2.24) is 10.2 Å². The van der Waals surface area contributed by atoms with Crippen LogP contribution in [0, 0.1) is 11.8 Å². The van der Waals surface area contributed by atoms with Gasteiger partial charge < -0.3 is 15.5 Å². The molecule has 25 heavy (non-hydrogen) atoms. The molecule has 1 aromatic carbocycles. The minimum absolute atomic E-state index is 0.000898. The zero-order chi connectivity index (χ0) is 18.4. The molecule has 1 fully saturated rings. The van der Waals surface area contributed by atoms with Crippen molar-refractivity contribution >= 4 is 40.7 Å². The molecule has 0 radical (unpaired) electrons. The minimum Gasteiger partial charge on any atom is -0.355 e. The first-order chi connectivity index (χ1) is 11.9. The van der Waals surface area contributed by atoms with Crippen molar-refractivity contribution in [3.63, 3.8) is 0 Å². The molecule has 7 heteroatoms. The number of anilines is 1. The summed E-state index contributed by atoms with van der Waals surface area (Å²) in [5.41, 5.74) is 0.530. The van der Waals surface area contributed by atoms with Gasteiger partial charge in [0, 0.05) is 24.9 Å². The third-order valence-corrected chi connectivity index (χ3v) is 5.36. The molecule has 0 saturated heterocycles. The highest BCUT2D eigenvalue weighted by Gasteiger charge is 2.30. The van der Waals surface area contributed by atoms with Crippen LogP contribution in [0.15, 0.2) is 18.2 Å². The zero-order valence-corrected chi connectivity index (χ0v) is 16.2. The fraction of sp³-hybridized carbons (Fsp3) is 0.556. The Bertz CT molecular complexity index is 614. The highest BCUT2D eigenvalue weighted by Crippen LogP contribution is 2.33. The van der Waals surface area contributed by atoms with Crippen molar-refractivity contribution in [3.8, 4) is 0 Å². The highest BCUT2D eigenvalue weighted by atomic mass is 35.5. The summed E-state index contributed by atoms with van der Waals surface area (Å²) in [4.78, 5) is 26.6. The molecule has 0 atom stereocenters. The summed E-state index contributed by atoms with van der Waals surface area (Å²) in [6.07, 6.45) is 2.87. The van der Waals surface area contributed by atoms with Gasteiger partial charge >= 0.3 is 0 Å². The number of hydrogen-bond donors (Lipinski definition) is 2. The quantitative estimate of drug-likeness (QED) is 0.788. The maximum Gasteiger partial charge on any atom is 0.227 e. The van der Waals surface area contributed by atoms with Gasteiger partial charge in [0.1, 0.15) is 0 Å². The molecule has 2 N–H and O–H groups in total. The lowest BCUT2D eigenvalue weighted by Gasteiger charge is -2.27. The molecule has 0 heterocycles. The second-order valence-electron chi connectivity index (χ2n) is 6.73. The lowest BCUT2D eigenvalue weighted by molar-refractivity contribution is -0.128. The van der Waals surface area contributed by atoms with E-state index in [2.05, 4.69) is 10.6 Å². The number of nitrogens with zero attached hydrogens (tertiary/aromatic N) is 1. The van der Waals surface area contributed by atoms with Gasteiger partial charge in [0.05, 0.1) is 15.7 Å². The molecule has 1 aliphatic rings. The Labute approximate surface area is 159 Å². The lowest BCUT2D eigenvalue weighted by atomic mass is 9.81. The average molecular weight is 386 g/mol. The summed E-state index contributed by atoms with van der Waals surface area (Å²) in [5, 5.41) is 6.59. The van der Waals surface area contributed by atoms with Crippen molar-refractivity contribution in [2.75, 3.05) is 32.5 Å². The summed E-state index contributed by atoms with van der Waals surface area (Å²) in [6.45, 7) is 1.48. The van der Waals surface area contributed by atoms with E-state index in [-0.39, 0.29) is 23.7 Å². The molecule has 1 aliphatic carbocycles. The molecule has 0 aromatic heterocycles. The molecule has 0 spiro atoms. The number of halogens is 2. The first-order valence-electron chi connectivity index (χ1n) is 8.55. The van der Waals surface area contributed by atoms with Gasteiger partial charge in [0.25, 0.3) is 0 Å². The van der Waals surface area contributed by atoms with Gasteiger partial charge in [-0.1, -0.05) is 29.3 Å². The van der Waals surface area contributed by atoms with E-state index >= 15 is 0 Å².